The van der Waals surface area contributed by atoms with Crippen molar-refractivity contribution in [3.63, 3.8) is 0 Å². The van der Waals surface area contributed by atoms with Crippen molar-refractivity contribution in [2.75, 3.05) is 26.3 Å². The van der Waals surface area contributed by atoms with Gasteiger partial charge in [-0.25, -0.2) is 9.97 Å². The van der Waals surface area contributed by atoms with Crippen LogP contribution in [0.2, 0.25) is 0 Å². The van der Waals surface area contributed by atoms with Crippen LogP contribution in [0.4, 0.5) is 0 Å². The monoisotopic (exact) mass is 443 g/mol. The fourth-order valence-electron chi connectivity index (χ4n) is 4.09. The van der Waals surface area contributed by atoms with E-state index in [2.05, 4.69) is 21.1 Å². The molecule has 1 fully saturated rings. The maximum atomic E-state index is 13.0. The molecule has 1 atom stereocenters. The Kier molecular flexibility index (Phi) is 5.62. The van der Waals surface area contributed by atoms with E-state index in [0.717, 1.165) is 22.1 Å². The van der Waals surface area contributed by atoms with E-state index in [4.69, 9.17) is 4.74 Å². The average molecular weight is 444 g/mol. The standard InChI is InChI=1S/C25H25N5O3/c1-16-4-3-5-18(12-16)20-14-26-25(27-15-20)30-22-13-19(24(32)29-8-10-33-11-9-29)6-7-21(22)23(28-30)17(2)31/h3-7,12-15,17,31H,8-11H2,1-2H3. The van der Waals surface area contributed by atoms with Crippen molar-refractivity contribution in [2.24, 2.45) is 0 Å². The maximum absolute atomic E-state index is 13.0. The summed E-state index contributed by atoms with van der Waals surface area (Å²) in [7, 11) is 0. The molecule has 3 heterocycles. The highest BCUT2D eigenvalue weighted by molar-refractivity contribution is 5.98. The molecular weight excluding hydrogens is 418 g/mol. The van der Waals surface area contributed by atoms with Crippen LogP contribution in [0.15, 0.2) is 54.9 Å². The number of benzene rings is 2. The van der Waals surface area contributed by atoms with Crippen LogP contribution >= 0.6 is 0 Å². The molecule has 0 saturated carbocycles. The van der Waals surface area contributed by atoms with Crippen molar-refractivity contribution >= 4 is 16.8 Å². The van der Waals surface area contributed by atoms with Crippen LogP contribution < -0.4 is 0 Å². The third kappa shape index (κ3) is 4.10. The number of carbonyl (C=O) groups excluding carboxylic acids is 1. The summed E-state index contributed by atoms with van der Waals surface area (Å²) in [6.07, 6.45) is 2.74. The second-order valence-electron chi connectivity index (χ2n) is 8.25. The number of nitrogens with zero attached hydrogens (tertiary/aromatic N) is 5. The molecule has 1 saturated heterocycles. The van der Waals surface area contributed by atoms with Crippen LogP contribution in [0.5, 0.6) is 0 Å². The number of hydrogen-bond donors (Lipinski definition) is 1. The molecule has 1 N–H and O–H groups in total. The zero-order valence-corrected chi connectivity index (χ0v) is 18.6. The highest BCUT2D eigenvalue weighted by atomic mass is 16.5. The van der Waals surface area contributed by atoms with E-state index in [9.17, 15) is 9.90 Å². The summed E-state index contributed by atoms with van der Waals surface area (Å²) in [4.78, 5) is 23.9. The number of ether oxygens (including phenoxy) is 1. The van der Waals surface area contributed by atoms with Crippen LogP contribution in [-0.4, -0.2) is 62.0 Å². The fraction of sp³-hybridized carbons (Fsp3) is 0.280. The highest BCUT2D eigenvalue weighted by Crippen LogP contribution is 2.27. The minimum Gasteiger partial charge on any atom is -0.387 e. The summed E-state index contributed by atoms with van der Waals surface area (Å²) < 4.78 is 6.95. The summed E-state index contributed by atoms with van der Waals surface area (Å²) in [5.74, 6) is 0.321. The molecule has 1 amide bonds. The number of aliphatic hydroxyl groups excluding tert-OH is 1. The van der Waals surface area contributed by atoms with Gasteiger partial charge < -0.3 is 14.7 Å². The van der Waals surface area contributed by atoms with Gasteiger partial charge in [0.1, 0.15) is 0 Å². The number of aliphatic hydroxyl groups is 1. The lowest BCUT2D eigenvalue weighted by atomic mass is 10.1. The number of aromatic nitrogens is 4. The Morgan fingerprint density at radius 3 is 2.52 bits per heavy atom. The van der Waals surface area contributed by atoms with E-state index >= 15 is 0 Å². The third-order valence-electron chi connectivity index (χ3n) is 5.83. The van der Waals surface area contributed by atoms with Gasteiger partial charge in [0, 0.05) is 42.0 Å². The van der Waals surface area contributed by atoms with Crippen molar-refractivity contribution in [3.8, 4) is 17.1 Å². The lowest BCUT2D eigenvalue weighted by Crippen LogP contribution is -2.40. The Morgan fingerprint density at radius 2 is 1.82 bits per heavy atom. The van der Waals surface area contributed by atoms with Gasteiger partial charge in [0.05, 0.1) is 30.5 Å². The molecule has 0 bridgehead atoms. The second-order valence-corrected chi connectivity index (χ2v) is 8.25. The van der Waals surface area contributed by atoms with Gasteiger partial charge >= 0.3 is 0 Å². The molecule has 1 aliphatic heterocycles. The molecule has 2 aromatic heterocycles. The molecule has 1 unspecified atom stereocenters. The van der Waals surface area contributed by atoms with Crippen LogP contribution in [0.1, 0.15) is 34.6 Å². The highest BCUT2D eigenvalue weighted by Gasteiger charge is 2.22. The molecular formula is C25H25N5O3. The first-order valence-electron chi connectivity index (χ1n) is 11.0. The molecule has 8 nitrogen and oxygen atoms in total. The van der Waals surface area contributed by atoms with Gasteiger partial charge in [-0.3, -0.25) is 4.79 Å². The SMILES string of the molecule is Cc1cccc(-c2cnc(-n3nc(C(C)O)c4ccc(C(=O)N5CCOCC5)cc43)nc2)c1. The summed E-state index contributed by atoms with van der Waals surface area (Å²) in [6.45, 7) is 5.93. The van der Waals surface area contributed by atoms with Crippen molar-refractivity contribution in [2.45, 2.75) is 20.0 Å². The lowest BCUT2D eigenvalue weighted by molar-refractivity contribution is 0.0303. The Balaban J connectivity index is 1.56. The van der Waals surface area contributed by atoms with E-state index < -0.39 is 6.10 Å². The van der Waals surface area contributed by atoms with Crippen molar-refractivity contribution in [1.29, 1.82) is 0 Å². The molecule has 33 heavy (non-hydrogen) atoms. The van der Waals surface area contributed by atoms with Crippen molar-refractivity contribution < 1.29 is 14.6 Å². The van der Waals surface area contributed by atoms with Crippen LogP contribution in [-0.2, 0) is 4.74 Å². The minimum atomic E-state index is -0.777. The van der Waals surface area contributed by atoms with E-state index in [1.54, 1.807) is 41.0 Å². The maximum Gasteiger partial charge on any atom is 0.254 e. The molecule has 0 radical (unpaired) electrons. The fourth-order valence-corrected chi connectivity index (χ4v) is 4.09. The zero-order chi connectivity index (χ0) is 22.9. The largest absolute Gasteiger partial charge is 0.387 e. The summed E-state index contributed by atoms with van der Waals surface area (Å²) in [5.41, 5.74) is 4.84. The van der Waals surface area contributed by atoms with Gasteiger partial charge in [0.15, 0.2) is 0 Å². The van der Waals surface area contributed by atoms with E-state index in [0.29, 0.717) is 49.0 Å². The van der Waals surface area contributed by atoms with Gasteiger partial charge in [-0.15, -0.1) is 0 Å². The lowest BCUT2D eigenvalue weighted by Gasteiger charge is -2.26. The summed E-state index contributed by atoms with van der Waals surface area (Å²) >= 11 is 0. The first kappa shape index (κ1) is 21.2. The number of morpholine rings is 1. The Bertz CT molecular complexity index is 1310. The van der Waals surface area contributed by atoms with Crippen molar-refractivity contribution in [1.82, 2.24) is 24.6 Å². The van der Waals surface area contributed by atoms with Crippen LogP contribution in [0.3, 0.4) is 0 Å². The number of amides is 1. The van der Waals surface area contributed by atoms with Gasteiger partial charge in [-0.05, 0) is 31.5 Å². The smallest absolute Gasteiger partial charge is 0.254 e. The predicted octanol–water partition coefficient (Wildman–Crippen LogP) is 3.32. The Morgan fingerprint density at radius 1 is 1.06 bits per heavy atom. The first-order chi connectivity index (χ1) is 16.0. The molecule has 4 aromatic rings. The molecule has 2 aromatic carbocycles. The Hall–Kier alpha value is -3.62. The molecule has 0 aliphatic carbocycles. The normalized spacial score (nSPS) is 15.1. The van der Waals surface area contributed by atoms with E-state index in [1.807, 2.05) is 31.2 Å². The first-order valence-corrected chi connectivity index (χ1v) is 11.0. The van der Waals surface area contributed by atoms with E-state index in [-0.39, 0.29) is 5.91 Å². The van der Waals surface area contributed by atoms with Gasteiger partial charge in [-0.2, -0.15) is 9.78 Å². The molecule has 1 aliphatic rings. The van der Waals surface area contributed by atoms with Crippen molar-refractivity contribution in [3.05, 3.63) is 71.7 Å². The molecule has 168 valence electrons. The second kappa shape index (κ2) is 8.73. The number of fused-ring (bicyclic) bond motifs is 1. The molecule has 5 rings (SSSR count). The molecule has 8 heteroatoms. The number of rotatable bonds is 4. The summed E-state index contributed by atoms with van der Waals surface area (Å²) in [5, 5.41) is 15.6. The van der Waals surface area contributed by atoms with Gasteiger partial charge in [-0.1, -0.05) is 35.9 Å². The van der Waals surface area contributed by atoms with Gasteiger partial charge in [0.2, 0.25) is 0 Å². The Labute approximate surface area is 191 Å². The zero-order valence-electron chi connectivity index (χ0n) is 18.6. The summed E-state index contributed by atoms with van der Waals surface area (Å²) in [6, 6.07) is 13.5. The average Bonchev–Trinajstić information content (AvgIpc) is 3.23. The quantitative estimate of drug-likeness (QED) is 0.520. The predicted molar refractivity (Wildman–Crippen MR) is 124 cm³/mol. The van der Waals surface area contributed by atoms with Crippen LogP contribution in [0, 0.1) is 6.92 Å². The minimum absolute atomic E-state index is 0.0535. The molecule has 0 spiro atoms. The third-order valence-corrected chi connectivity index (χ3v) is 5.83. The number of carbonyl (C=O) groups is 1. The number of hydrogen-bond acceptors (Lipinski definition) is 6. The van der Waals surface area contributed by atoms with Gasteiger partial charge in [0.25, 0.3) is 11.9 Å². The topological polar surface area (TPSA) is 93.4 Å². The number of aryl methyl sites for hydroxylation is 1. The van der Waals surface area contributed by atoms with Crippen LogP contribution in [0.25, 0.3) is 28.0 Å². The van der Waals surface area contributed by atoms with E-state index in [1.165, 1.54) is 0 Å².